The Labute approximate surface area is 90.9 Å². The van der Waals surface area contributed by atoms with Crippen LogP contribution in [0, 0.1) is 11.3 Å². The normalized spacial score (nSPS) is 9.40. The lowest BCUT2D eigenvalue weighted by Gasteiger charge is -2.20. The summed E-state index contributed by atoms with van der Waals surface area (Å²) < 4.78 is 5.51. The first-order valence-electron chi connectivity index (χ1n) is 5.09. The molecule has 0 aliphatic rings. The quantitative estimate of drug-likeness (QED) is 0.739. The van der Waals surface area contributed by atoms with Gasteiger partial charge in [0.25, 0.3) is 0 Å². The van der Waals surface area contributed by atoms with Gasteiger partial charge in [0.15, 0.2) is 0 Å². The van der Waals surface area contributed by atoms with E-state index < -0.39 is 0 Å². The van der Waals surface area contributed by atoms with Gasteiger partial charge in [-0.2, -0.15) is 5.26 Å². The highest BCUT2D eigenvalue weighted by Crippen LogP contribution is 2.26. The highest BCUT2D eigenvalue weighted by atomic mass is 16.5. The van der Waals surface area contributed by atoms with Crippen LogP contribution in [0.3, 0.4) is 0 Å². The van der Waals surface area contributed by atoms with Gasteiger partial charge in [-0.15, -0.1) is 0 Å². The van der Waals surface area contributed by atoms with Gasteiger partial charge in [-0.1, -0.05) is 12.1 Å². The molecule has 0 saturated carbocycles. The molecule has 0 fully saturated rings. The molecule has 0 aromatic heterocycles. The predicted molar refractivity (Wildman–Crippen MR) is 61.1 cm³/mol. The summed E-state index contributed by atoms with van der Waals surface area (Å²) in [6, 6.07) is 10.0. The molecular weight excluding hydrogens is 188 g/mol. The van der Waals surface area contributed by atoms with Crippen LogP contribution in [0.2, 0.25) is 0 Å². The molecular formula is C12H16N2O. The number of hydrogen-bond donors (Lipinski definition) is 0. The topological polar surface area (TPSA) is 36.3 Å². The molecule has 1 rings (SSSR count). The number of ether oxygens (including phenoxy) is 1. The lowest BCUT2D eigenvalue weighted by Crippen LogP contribution is -2.18. The van der Waals surface area contributed by atoms with E-state index in [4.69, 9.17) is 10.00 Å². The average molecular weight is 204 g/mol. The SMILES string of the molecule is CCOc1ccccc1N(C)CCC#N. The maximum absolute atomic E-state index is 8.53. The first-order valence-corrected chi connectivity index (χ1v) is 5.09. The highest BCUT2D eigenvalue weighted by molar-refractivity contribution is 5.57. The Balaban J connectivity index is 2.78. The van der Waals surface area contributed by atoms with Crippen LogP contribution < -0.4 is 9.64 Å². The van der Waals surface area contributed by atoms with E-state index in [2.05, 4.69) is 6.07 Å². The molecule has 0 saturated heterocycles. The molecule has 0 spiro atoms. The first kappa shape index (κ1) is 11.4. The van der Waals surface area contributed by atoms with Crippen LogP contribution in [-0.4, -0.2) is 20.2 Å². The van der Waals surface area contributed by atoms with Crippen molar-refractivity contribution in [3.63, 3.8) is 0 Å². The largest absolute Gasteiger partial charge is 0.492 e. The number of para-hydroxylation sites is 2. The van der Waals surface area contributed by atoms with Gasteiger partial charge < -0.3 is 9.64 Å². The summed E-state index contributed by atoms with van der Waals surface area (Å²) in [6.45, 7) is 3.34. The lowest BCUT2D eigenvalue weighted by molar-refractivity contribution is 0.340. The van der Waals surface area contributed by atoms with Crippen molar-refractivity contribution >= 4 is 5.69 Å². The number of rotatable bonds is 5. The Hall–Kier alpha value is -1.69. The van der Waals surface area contributed by atoms with Crippen molar-refractivity contribution in [3.05, 3.63) is 24.3 Å². The van der Waals surface area contributed by atoms with E-state index in [0.717, 1.165) is 18.0 Å². The molecule has 15 heavy (non-hydrogen) atoms. The molecule has 80 valence electrons. The molecule has 0 heterocycles. The van der Waals surface area contributed by atoms with Gasteiger partial charge in [-0.3, -0.25) is 0 Å². The molecule has 0 unspecified atom stereocenters. The Morgan fingerprint density at radius 2 is 2.13 bits per heavy atom. The number of benzene rings is 1. The predicted octanol–water partition coefficient (Wildman–Crippen LogP) is 2.44. The highest BCUT2D eigenvalue weighted by Gasteiger charge is 2.06. The zero-order chi connectivity index (χ0) is 11.1. The maximum atomic E-state index is 8.53. The van der Waals surface area contributed by atoms with Crippen molar-refractivity contribution in [1.82, 2.24) is 0 Å². The second-order valence-corrected chi connectivity index (χ2v) is 3.23. The third-order valence-electron chi connectivity index (χ3n) is 2.14. The van der Waals surface area contributed by atoms with E-state index in [1.165, 1.54) is 0 Å². The van der Waals surface area contributed by atoms with Crippen LogP contribution in [-0.2, 0) is 0 Å². The molecule has 1 aromatic rings. The maximum Gasteiger partial charge on any atom is 0.142 e. The fourth-order valence-electron chi connectivity index (χ4n) is 1.39. The van der Waals surface area contributed by atoms with Crippen molar-refractivity contribution in [2.75, 3.05) is 25.1 Å². The smallest absolute Gasteiger partial charge is 0.142 e. The minimum absolute atomic E-state index is 0.525. The first-order chi connectivity index (χ1) is 7.29. The lowest BCUT2D eigenvalue weighted by atomic mass is 10.2. The average Bonchev–Trinajstić information content (AvgIpc) is 2.27. The van der Waals surface area contributed by atoms with E-state index in [9.17, 15) is 0 Å². The van der Waals surface area contributed by atoms with Crippen LogP contribution in [0.15, 0.2) is 24.3 Å². The number of nitriles is 1. The van der Waals surface area contributed by atoms with Gasteiger partial charge in [0, 0.05) is 13.6 Å². The standard InChI is InChI=1S/C12H16N2O/c1-3-15-12-8-5-4-7-11(12)14(2)10-6-9-13/h4-5,7-8H,3,6,10H2,1-2H3. The Morgan fingerprint density at radius 1 is 1.40 bits per heavy atom. The van der Waals surface area contributed by atoms with E-state index in [0.29, 0.717) is 13.0 Å². The van der Waals surface area contributed by atoms with Crippen LogP contribution in [0.25, 0.3) is 0 Å². The van der Waals surface area contributed by atoms with Crippen LogP contribution in [0.4, 0.5) is 5.69 Å². The number of anilines is 1. The van der Waals surface area contributed by atoms with Crippen molar-refractivity contribution in [3.8, 4) is 11.8 Å². The van der Waals surface area contributed by atoms with Gasteiger partial charge in [0.1, 0.15) is 5.75 Å². The zero-order valence-corrected chi connectivity index (χ0v) is 9.23. The molecule has 1 aromatic carbocycles. The van der Waals surface area contributed by atoms with E-state index in [1.807, 2.05) is 43.1 Å². The number of nitrogens with zero attached hydrogens (tertiary/aromatic N) is 2. The summed E-state index contributed by atoms with van der Waals surface area (Å²) in [7, 11) is 1.97. The summed E-state index contributed by atoms with van der Waals surface area (Å²) in [5.41, 5.74) is 1.04. The second kappa shape index (κ2) is 5.92. The van der Waals surface area contributed by atoms with Gasteiger partial charge in [0.2, 0.25) is 0 Å². The monoisotopic (exact) mass is 204 g/mol. The second-order valence-electron chi connectivity index (χ2n) is 3.23. The van der Waals surface area contributed by atoms with Crippen molar-refractivity contribution in [1.29, 1.82) is 5.26 Å². The summed E-state index contributed by atoms with van der Waals surface area (Å²) >= 11 is 0. The fraction of sp³-hybridized carbons (Fsp3) is 0.417. The van der Waals surface area contributed by atoms with Gasteiger partial charge in [-0.05, 0) is 19.1 Å². The summed E-state index contributed by atoms with van der Waals surface area (Å²) in [5.74, 6) is 0.875. The third kappa shape index (κ3) is 3.17. The van der Waals surface area contributed by atoms with Crippen molar-refractivity contribution in [2.45, 2.75) is 13.3 Å². The van der Waals surface area contributed by atoms with E-state index in [-0.39, 0.29) is 0 Å². The molecule has 0 aliphatic heterocycles. The van der Waals surface area contributed by atoms with Crippen molar-refractivity contribution in [2.24, 2.45) is 0 Å². The van der Waals surface area contributed by atoms with Crippen LogP contribution in [0.5, 0.6) is 5.75 Å². The number of hydrogen-bond acceptors (Lipinski definition) is 3. The zero-order valence-electron chi connectivity index (χ0n) is 9.23. The minimum Gasteiger partial charge on any atom is -0.492 e. The summed E-state index contributed by atoms with van der Waals surface area (Å²) in [4.78, 5) is 2.04. The minimum atomic E-state index is 0.525. The Morgan fingerprint density at radius 3 is 2.80 bits per heavy atom. The molecule has 0 amide bonds. The summed E-state index contributed by atoms with van der Waals surface area (Å²) in [5, 5.41) is 8.53. The summed E-state index contributed by atoms with van der Waals surface area (Å²) in [6.07, 6.45) is 0.525. The molecule has 0 radical (unpaired) electrons. The van der Waals surface area contributed by atoms with E-state index >= 15 is 0 Å². The van der Waals surface area contributed by atoms with Crippen molar-refractivity contribution < 1.29 is 4.74 Å². The Bertz CT molecular complexity index is 344. The fourth-order valence-corrected chi connectivity index (χ4v) is 1.39. The van der Waals surface area contributed by atoms with E-state index in [1.54, 1.807) is 0 Å². The molecule has 0 N–H and O–H groups in total. The van der Waals surface area contributed by atoms with Crippen LogP contribution in [0.1, 0.15) is 13.3 Å². The molecule has 3 nitrogen and oxygen atoms in total. The molecule has 0 atom stereocenters. The molecule has 3 heteroatoms. The van der Waals surface area contributed by atoms with Gasteiger partial charge >= 0.3 is 0 Å². The van der Waals surface area contributed by atoms with Gasteiger partial charge in [0.05, 0.1) is 24.8 Å². The van der Waals surface area contributed by atoms with Gasteiger partial charge in [-0.25, -0.2) is 0 Å². The molecule has 0 aliphatic carbocycles. The molecule has 0 bridgehead atoms. The third-order valence-corrected chi connectivity index (χ3v) is 2.14. The Kier molecular flexibility index (Phi) is 4.49. The van der Waals surface area contributed by atoms with Crippen LogP contribution >= 0.6 is 0 Å².